The smallest absolute Gasteiger partial charge is 0.291 e. The lowest BCUT2D eigenvalue weighted by atomic mass is 10.1. The van der Waals surface area contributed by atoms with E-state index in [0.29, 0.717) is 17.3 Å². The predicted octanol–water partition coefficient (Wildman–Crippen LogP) is 2.45. The standard InChI is InChI=1S/C16H18N4O2/c1-10(11-5-7-13(22-2)8-6-11)17-20-16(21)15-9-14(18-19-15)12-3-4-12/h5-9,12H,3-4H2,1-2H3,(H,18,19)(H,20,21)/b17-10+. The summed E-state index contributed by atoms with van der Waals surface area (Å²) in [6.45, 7) is 1.84. The fourth-order valence-corrected chi connectivity index (χ4v) is 2.15. The molecule has 0 unspecified atom stereocenters. The third-order valence-electron chi connectivity index (χ3n) is 3.68. The molecule has 3 rings (SSSR count). The number of hydrogen-bond acceptors (Lipinski definition) is 4. The van der Waals surface area contributed by atoms with Crippen molar-refractivity contribution in [2.75, 3.05) is 7.11 Å². The molecule has 1 aromatic heterocycles. The molecule has 0 saturated heterocycles. The molecule has 0 radical (unpaired) electrons. The lowest BCUT2D eigenvalue weighted by Crippen LogP contribution is -2.19. The minimum Gasteiger partial charge on any atom is -0.497 e. The molecule has 1 saturated carbocycles. The van der Waals surface area contributed by atoms with E-state index >= 15 is 0 Å². The van der Waals surface area contributed by atoms with Gasteiger partial charge in [-0.2, -0.15) is 10.2 Å². The number of carbonyl (C=O) groups is 1. The zero-order valence-corrected chi connectivity index (χ0v) is 12.6. The number of hydrogen-bond donors (Lipinski definition) is 2. The van der Waals surface area contributed by atoms with Gasteiger partial charge < -0.3 is 4.74 Å². The van der Waals surface area contributed by atoms with Crippen LogP contribution < -0.4 is 10.2 Å². The van der Waals surface area contributed by atoms with E-state index in [1.54, 1.807) is 13.2 Å². The van der Waals surface area contributed by atoms with Gasteiger partial charge in [-0.1, -0.05) is 0 Å². The van der Waals surface area contributed by atoms with Gasteiger partial charge in [-0.05, 0) is 55.7 Å². The quantitative estimate of drug-likeness (QED) is 0.657. The normalized spacial score (nSPS) is 14.7. The Kier molecular flexibility index (Phi) is 3.91. The second kappa shape index (κ2) is 6.01. The first kappa shape index (κ1) is 14.3. The van der Waals surface area contributed by atoms with Gasteiger partial charge in [-0.3, -0.25) is 9.89 Å². The lowest BCUT2D eigenvalue weighted by molar-refractivity contribution is 0.0950. The first-order valence-corrected chi connectivity index (χ1v) is 7.21. The van der Waals surface area contributed by atoms with Crippen molar-refractivity contribution in [2.45, 2.75) is 25.7 Å². The van der Waals surface area contributed by atoms with E-state index in [0.717, 1.165) is 29.8 Å². The number of ether oxygens (including phenoxy) is 1. The highest BCUT2D eigenvalue weighted by Crippen LogP contribution is 2.38. The van der Waals surface area contributed by atoms with Crippen LogP contribution in [0.25, 0.3) is 0 Å². The number of benzene rings is 1. The molecule has 0 aliphatic heterocycles. The fraction of sp³-hybridized carbons (Fsp3) is 0.312. The fourth-order valence-electron chi connectivity index (χ4n) is 2.15. The molecular formula is C16H18N4O2. The molecule has 0 atom stereocenters. The number of nitrogens with one attached hydrogen (secondary N) is 2. The van der Waals surface area contributed by atoms with Gasteiger partial charge in [-0.25, -0.2) is 5.43 Å². The maximum absolute atomic E-state index is 12.0. The largest absolute Gasteiger partial charge is 0.497 e. The maximum atomic E-state index is 12.0. The van der Waals surface area contributed by atoms with Crippen molar-refractivity contribution in [2.24, 2.45) is 5.10 Å². The van der Waals surface area contributed by atoms with Crippen LogP contribution in [0.5, 0.6) is 5.75 Å². The SMILES string of the molecule is COc1ccc(/C(C)=N/NC(=O)c2cc(C3CC3)[nH]n2)cc1. The van der Waals surface area contributed by atoms with E-state index in [9.17, 15) is 4.79 Å². The van der Waals surface area contributed by atoms with Crippen molar-refractivity contribution in [1.29, 1.82) is 0 Å². The Balaban J connectivity index is 1.64. The Morgan fingerprint density at radius 2 is 2.09 bits per heavy atom. The maximum Gasteiger partial charge on any atom is 0.291 e. The van der Waals surface area contributed by atoms with E-state index < -0.39 is 0 Å². The molecule has 1 aromatic carbocycles. The van der Waals surface area contributed by atoms with Crippen molar-refractivity contribution in [3.8, 4) is 5.75 Å². The molecule has 0 bridgehead atoms. The third kappa shape index (κ3) is 3.16. The molecule has 2 aromatic rings. The highest BCUT2D eigenvalue weighted by molar-refractivity contribution is 6.00. The Labute approximate surface area is 128 Å². The molecule has 1 aliphatic rings. The topological polar surface area (TPSA) is 79.4 Å². The van der Waals surface area contributed by atoms with Crippen LogP contribution in [0.3, 0.4) is 0 Å². The number of aromatic nitrogens is 2. The predicted molar refractivity (Wildman–Crippen MR) is 83.2 cm³/mol. The lowest BCUT2D eigenvalue weighted by Gasteiger charge is -2.03. The molecule has 1 heterocycles. The Morgan fingerprint density at radius 1 is 1.36 bits per heavy atom. The van der Waals surface area contributed by atoms with Crippen molar-refractivity contribution in [3.05, 3.63) is 47.3 Å². The van der Waals surface area contributed by atoms with Gasteiger partial charge in [0.2, 0.25) is 0 Å². The molecule has 22 heavy (non-hydrogen) atoms. The summed E-state index contributed by atoms with van der Waals surface area (Å²) in [6, 6.07) is 9.29. The van der Waals surface area contributed by atoms with Crippen LogP contribution >= 0.6 is 0 Å². The molecule has 1 fully saturated rings. The summed E-state index contributed by atoms with van der Waals surface area (Å²) in [5.41, 5.74) is 5.57. The van der Waals surface area contributed by atoms with E-state index in [1.165, 1.54) is 0 Å². The van der Waals surface area contributed by atoms with Gasteiger partial charge in [0.05, 0.1) is 12.8 Å². The average molecular weight is 298 g/mol. The molecule has 1 aliphatic carbocycles. The van der Waals surface area contributed by atoms with Crippen molar-refractivity contribution >= 4 is 11.6 Å². The van der Waals surface area contributed by atoms with Gasteiger partial charge in [0, 0.05) is 11.6 Å². The Morgan fingerprint density at radius 3 is 2.73 bits per heavy atom. The number of nitrogens with zero attached hydrogens (tertiary/aromatic N) is 2. The van der Waals surface area contributed by atoms with Gasteiger partial charge in [0.25, 0.3) is 5.91 Å². The van der Waals surface area contributed by atoms with Crippen LogP contribution in [-0.4, -0.2) is 28.9 Å². The number of rotatable bonds is 5. The first-order valence-electron chi connectivity index (χ1n) is 7.21. The summed E-state index contributed by atoms with van der Waals surface area (Å²) in [7, 11) is 1.62. The van der Waals surface area contributed by atoms with E-state index in [4.69, 9.17) is 4.74 Å². The van der Waals surface area contributed by atoms with Crippen LogP contribution in [0, 0.1) is 0 Å². The second-order valence-corrected chi connectivity index (χ2v) is 5.35. The number of H-pyrrole nitrogens is 1. The molecule has 2 N–H and O–H groups in total. The number of methoxy groups -OCH3 is 1. The average Bonchev–Trinajstić information content (AvgIpc) is 3.29. The Hall–Kier alpha value is -2.63. The minimum absolute atomic E-state index is 0.309. The van der Waals surface area contributed by atoms with Crippen LogP contribution in [0.2, 0.25) is 0 Å². The molecule has 0 spiro atoms. The second-order valence-electron chi connectivity index (χ2n) is 5.35. The summed E-state index contributed by atoms with van der Waals surface area (Å²) in [4.78, 5) is 12.0. The van der Waals surface area contributed by atoms with Crippen LogP contribution in [0.4, 0.5) is 0 Å². The highest BCUT2D eigenvalue weighted by atomic mass is 16.5. The summed E-state index contributed by atoms with van der Waals surface area (Å²) in [6.07, 6.45) is 2.33. The van der Waals surface area contributed by atoms with E-state index in [1.807, 2.05) is 31.2 Å². The molecule has 114 valence electrons. The van der Waals surface area contributed by atoms with Crippen LogP contribution in [-0.2, 0) is 0 Å². The van der Waals surface area contributed by atoms with E-state index in [-0.39, 0.29) is 5.91 Å². The zero-order chi connectivity index (χ0) is 15.5. The summed E-state index contributed by atoms with van der Waals surface area (Å²) < 4.78 is 5.11. The first-order chi connectivity index (χ1) is 10.7. The molecule has 1 amide bonds. The van der Waals surface area contributed by atoms with Crippen LogP contribution in [0.1, 0.15) is 47.4 Å². The highest BCUT2D eigenvalue weighted by Gasteiger charge is 2.26. The van der Waals surface area contributed by atoms with E-state index in [2.05, 4.69) is 20.7 Å². The van der Waals surface area contributed by atoms with Crippen molar-refractivity contribution in [1.82, 2.24) is 15.6 Å². The molecule has 6 heteroatoms. The zero-order valence-electron chi connectivity index (χ0n) is 12.6. The summed E-state index contributed by atoms with van der Waals surface area (Å²) in [5, 5.41) is 11.1. The van der Waals surface area contributed by atoms with Gasteiger partial charge in [0.1, 0.15) is 5.75 Å². The van der Waals surface area contributed by atoms with Gasteiger partial charge in [-0.15, -0.1) is 0 Å². The molecule has 6 nitrogen and oxygen atoms in total. The van der Waals surface area contributed by atoms with Crippen molar-refractivity contribution in [3.63, 3.8) is 0 Å². The van der Waals surface area contributed by atoms with Crippen molar-refractivity contribution < 1.29 is 9.53 Å². The monoisotopic (exact) mass is 298 g/mol. The van der Waals surface area contributed by atoms with Gasteiger partial charge >= 0.3 is 0 Å². The van der Waals surface area contributed by atoms with Crippen LogP contribution in [0.15, 0.2) is 35.4 Å². The minimum atomic E-state index is -0.309. The summed E-state index contributed by atoms with van der Waals surface area (Å²) in [5.74, 6) is 1.01. The number of amides is 1. The number of carbonyl (C=O) groups excluding carboxylic acids is 1. The van der Waals surface area contributed by atoms with Gasteiger partial charge in [0.15, 0.2) is 5.69 Å². The summed E-state index contributed by atoms with van der Waals surface area (Å²) >= 11 is 0. The molecular weight excluding hydrogens is 280 g/mol. The number of hydrazone groups is 1. The number of aromatic amines is 1. The third-order valence-corrected chi connectivity index (χ3v) is 3.68. The Bertz CT molecular complexity index is 699.